The molecule has 0 saturated heterocycles. The van der Waals surface area contributed by atoms with Crippen molar-refractivity contribution in [3.8, 4) is 22.6 Å². The SMILES string of the molecule is COC(=O)c1ccc(C2=Nc3ccccc3Oc3ccccc32)cc1-c1ccccc1. The summed E-state index contributed by atoms with van der Waals surface area (Å²) in [6.45, 7) is 0. The van der Waals surface area contributed by atoms with E-state index in [2.05, 4.69) is 0 Å². The highest BCUT2D eigenvalue weighted by Gasteiger charge is 2.21. The van der Waals surface area contributed by atoms with E-state index in [0.717, 1.165) is 39.4 Å². The van der Waals surface area contributed by atoms with Gasteiger partial charge in [-0.3, -0.25) is 0 Å². The average molecular weight is 405 g/mol. The van der Waals surface area contributed by atoms with Gasteiger partial charge in [0.05, 0.1) is 18.4 Å². The van der Waals surface area contributed by atoms with Crippen molar-refractivity contribution in [1.29, 1.82) is 0 Å². The van der Waals surface area contributed by atoms with Crippen LogP contribution in [0.2, 0.25) is 0 Å². The van der Waals surface area contributed by atoms with Crippen molar-refractivity contribution in [3.05, 3.63) is 114 Å². The number of carbonyl (C=O) groups is 1. The van der Waals surface area contributed by atoms with E-state index in [9.17, 15) is 4.79 Å². The van der Waals surface area contributed by atoms with Gasteiger partial charge in [-0.25, -0.2) is 9.79 Å². The molecule has 0 aromatic heterocycles. The van der Waals surface area contributed by atoms with E-state index in [4.69, 9.17) is 14.5 Å². The third-order valence-electron chi connectivity index (χ3n) is 5.24. The van der Waals surface area contributed by atoms with Crippen LogP contribution >= 0.6 is 0 Å². The van der Waals surface area contributed by atoms with Crippen molar-refractivity contribution in [2.24, 2.45) is 4.99 Å². The number of methoxy groups -OCH3 is 1. The van der Waals surface area contributed by atoms with E-state index >= 15 is 0 Å². The van der Waals surface area contributed by atoms with Crippen LogP contribution in [0.15, 0.2) is 102 Å². The van der Waals surface area contributed by atoms with Crippen molar-refractivity contribution in [1.82, 2.24) is 0 Å². The first-order chi connectivity index (χ1) is 15.2. The molecule has 1 heterocycles. The summed E-state index contributed by atoms with van der Waals surface area (Å²) in [5.74, 6) is 1.08. The molecule has 0 amide bonds. The molecular weight excluding hydrogens is 386 g/mol. The maximum absolute atomic E-state index is 12.4. The van der Waals surface area contributed by atoms with Crippen LogP contribution < -0.4 is 4.74 Å². The van der Waals surface area contributed by atoms with Crippen LogP contribution in [0.3, 0.4) is 0 Å². The monoisotopic (exact) mass is 405 g/mol. The average Bonchev–Trinajstić information content (AvgIpc) is 3.00. The molecular formula is C27H19NO3. The maximum atomic E-state index is 12.4. The molecule has 0 saturated carbocycles. The minimum Gasteiger partial charge on any atom is -0.465 e. The second-order valence-electron chi connectivity index (χ2n) is 7.14. The molecule has 0 bridgehead atoms. The molecule has 0 N–H and O–H groups in total. The summed E-state index contributed by atoms with van der Waals surface area (Å²) in [6.07, 6.45) is 0. The summed E-state index contributed by atoms with van der Waals surface area (Å²) in [5, 5.41) is 0. The molecule has 4 heteroatoms. The van der Waals surface area contributed by atoms with Gasteiger partial charge in [-0.2, -0.15) is 0 Å². The van der Waals surface area contributed by atoms with Crippen molar-refractivity contribution >= 4 is 17.4 Å². The fourth-order valence-corrected chi connectivity index (χ4v) is 3.74. The number of aliphatic imine (C=N–C) groups is 1. The highest BCUT2D eigenvalue weighted by Crippen LogP contribution is 2.39. The Balaban J connectivity index is 1.75. The number of esters is 1. The topological polar surface area (TPSA) is 47.9 Å². The predicted octanol–water partition coefficient (Wildman–Crippen LogP) is 6.42. The quantitative estimate of drug-likeness (QED) is 0.326. The number of fused-ring (bicyclic) bond motifs is 2. The van der Waals surface area contributed by atoms with Crippen LogP contribution in [-0.4, -0.2) is 18.8 Å². The van der Waals surface area contributed by atoms with E-state index in [1.165, 1.54) is 7.11 Å². The van der Waals surface area contributed by atoms with E-state index in [1.807, 2.05) is 91.0 Å². The second-order valence-corrected chi connectivity index (χ2v) is 7.14. The molecule has 31 heavy (non-hydrogen) atoms. The number of rotatable bonds is 3. The largest absolute Gasteiger partial charge is 0.465 e. The van der Waals surface area contributed by atoms with Crippen LogP contribution in [0.25, 0.3) is 11.1 Å². The summed E-state index contributed by atoms with van der Waals surface area (Å²) in [6, 6.07) is 31.1. The van der Waals surface area contributed by atoms with Crippen LogP contribution in [0.1, 0.15) is 21.5 Å². The second kappa shape index (κ2) is 7.92. The first-order valence-electron chi connectivity index (χ1n) is 9.98. The Morgan fingerprint density at radius 1 is 0.742 bits per heavy atom. The maximum Gasteiger partial charge on any atom is 0.338 e. The lowest BCUT2D eigenvalue weighted by Gasteiger charge is -2.13. The lowest BCUT2D eigenvalue weighted by molar-refractivity contribution is 0.0601. The van der Waals surface area contributed by atoms with E-state index in [1.54, 1.807) is 6.07 Å². The number of carbonyl (C=O) groups excluding carboxylic acids is 1. The molecule has 150 valence electrons. The van der Waals surface area contributed by atoms with Crippen LogP contribution in [-0.2, 0) is 4.74 Å². The Morgan fingerprint density at radius 3 is 2.26 bits per heavy atom. The smallest absolute Gasteiger partial charge is 0.338 e. The molecule has 0 radical (unpaired) electrons. The van der Waals surface area contributed by atoms with Gasteiger partial charge in [-0.15, -0.1) is 0 Å². The third-order valence-corrected chi connectivity index (χ3v) is 5.24. The molecule has 1 aliphatic heterocycles. The summed E-state index contributed by atoms with van der Waals surface area (Å²) < 4.78 is 11.2. The fourth-order valence-electron chi connectivity index (χ4n) is 3.74. The van der Waals surface area contributed by atoms with Gasteiger partial charge in [-0.1, -0.05) is 60.7 Å². The summed E-state index contributed by atoms with van der Waals surface area (Å²) in [7, 11) is 1.39. The summed E-state index contributed by atoms with van der Waals surface area (Å²) >= 11 is 0. The Bertz CT molecular complexity index is 1310. The Hall–Kier alpha value is -4.18. The molecule has 0 spiro atoms. The van der Waals surface area contributed by atoms with Crippen molar-refractivity contribution < 1.29 is 14.3 Å². The summed E-state index contributed by atoms with van der Waals surface area (Å²) in [5.41, 5.74) is 5.56. The van der Waals surface area contributed by atoms with Gasteiger partial charge in [-0.05, 0) is 47.5 Å². The van der Waals surface area contributed by atoms with Crippen molar-refractivity contribution in [2.75, 3.05) is 7.11 Å². The Morgan fingerprint density at radius 2 is 1.45 bits per heavy atom. The predicted molar refractivity (Wildman–Crippen MR) is 121 cm³/mol. The molecule has 0 atom stereocenters. The first-order valence-corrected chi connectivity index (χ1v) is 9.98. The molecule has 0 aliphatic carbocycles. The minimum absolute atomic E-state index is 0.373. The number of ether oxygens (including phenoxy) is 2. The summed E-state index contributed by atoms with van der Waals surface area (Å²) in [4.78, 5) is 17.4. The number of hydrogen-bond acceptors (Lipinski definition) is 4. The van der Waals surface area contributed by atoms with E-state index in [0.29, 0.717) is 11.3 Å². The molecule has 0 fully saturated rings. The van der Waals surface area contributed by atoms with Gasteiger partial charge in [0.25, 0.3) is 0 Å². The van der Waals surface area contributed by atoms with Crippen molar-refractivity contribution in [3.63, 3.8) is 0 Å². The van der Waals surface area contributed by atoms with Gasteiger partial charge >= 0.3 is 5.97 Å². The standard InChI is InChI=1S/C27H19NO3/c1-30-27(29)20-16-15-19(17-22(20)18-9-3-2-4-10-18)26-21-11-5-7-13-24(21)31-25-14-8-6-12-23(25)28-26/h2-17H,1H3. The molecule has 1 aliphatic rings. The van der Waals surface area contributed by atoms with Gasteiger partial charge in [0.1, 0.15) is 11.4 Å². The highest BCUT2D eigenvalue weighted by atomic mass is 16.5. The van der Waals surface area contributed by atoms with Gasteiger partial charge in [0.2, 0.25) is 0 Å². The minimum atomic E-state index is -0.373. The van der Waals surface area contributed by atoms with Gasteiger partial charge in [0.15, 0.2) is 5.75 Å². The van der Waals surface area contributed by atoms with Crippen LogP contribution in [0.5, 0.6) is 11.5 Å². The third kappa shape index (κ3) is 3.49. The van der Waals surface area contributed by atoms with Crippen LogP contribution in [0.4, 0.5) is 5.69 Å². The number of benzene rings is 4. The zero-order valence-electron chi connectivity index (χ0n) is 16.9. The lowest BCUT2D eigenvalue weighted by atomic mass is 9.93. The van der Waals surface area contributed by atoms with E-state index < -0.39 is 0 Å². The lowest BCUT2D eigenvalue weighted by Crippen LogP contribution is -2.08. The van der Waals surface area contributed by atoms with Crippen LogP contribution in [0, 0.1) is 0 Å². The molecule has 0 unspecified atom stereocenters. The molecule has 4 nitrogen and oxygen atoms in total. The normalized spacial score (nSPS) is 12.0. The number of hydrogen-bond donors (Lipinski definition) is 0. The molecule has 5 rings (SSSR count). The zero-order chi connectivity index (χ0) is 21.2. The van der Waals surface area contributed by atoms with Crippen molar-refractivity contribution in [2.45, 2.75) is 0 Å². The molecule has 4 aromatic rings. The van der Waals surface area contributed by atoms with E-state index in [-0.39, 0.29) is 5.97 Å². The first kappa shape index (κ1) is 18.8. The Kier molecular flexibility index (Phi) is 4.81. The number of nitrogens with zero attached hydrogens (tertiary/aromatic N) is 1. The zero-order valence-corrected chi connectivity index (χ0v) is 16.9. The number of para-hydroxylation sites is 3. The van der Waals surface area contributed by atoms with Gasteiger partial charge < -0.3 is 9.47 Å². The fraction of sp³-hybridized carbons (Fsp3) is 0.0370. The van der Waals surface area contributed by atoms with Gasteiger partial charge in [0, 0.05) is 11.1 Å². The highest BCUT2D eigenvalue weighted by molar-refractivity contribution is 6.17. The molecule has 4 aromatic carbocycles. The Labute approximate surface area is 180 Å².